The topological polar surface area (TPSA) is 190 Å². The van der Waals surface area contributed by atoms with Gasteiger partial charge in [0.1, 0.15) is 48.8 Å². The Bertz CT molecular complexity index is 380. The summed E-state index contributed by atoms with van der Waals surface area (Å²) in [4.78, 5) is 0. The van der Waals surface area contributed by atoms with Crippen LogP contribution in [0.25, 0.3) is 0 Å². The van der Waals surface area contributed by atoms with E-state index < -0.39 is 74.6 Å². The van der Waals surface area contributed by atoms with Gasteiger partial charge < -0.3 is 55.1 Å². The highest BCUT2D eigenvalue weighted by atomic mass is 16.7. The number of hydrogen-bond acceptors (Lipinski definition) is 11. The molecule has 2 aliphatic rings. The Labute approximate surface area is 130 Å². The highest BCUT2D eigenvalue weighted by molar-refractivity contribution is 4.91. The molecule has 2 fully saturated rings. The molecular formula is C12H22O11. The molecule has 2 rings (SSSR count). The van der Waals surface area contributed by atoms with Gasteiger partial charge in [-0.15, -0.1) is 0 Å². The van der Waals surface area contributed by atoms with Crippen molar-refractivity contribution in [1.29, 1.82) is 0 Å². The van der Waals surface area contributed by atoms with Crippen LogP contribution >= 0.6 is 0 Å². The van der Waals surface area contributed by atoms with Crippen molar-refractivity contribution in [3.05, 3.63) is 0 Å². The summed E-state index contributed by atoms with van der Waals surface area (Å²) in [7, 11) is 0. The van der Waals surface area contributed by atoms with Crippen molar-refractivity contribution in [2.24, 2.45) is 0 Å². The van der Waals surface area contributed by atoms with E-state index in [9.17, 15) is 35.7 Å². The molecule has 2 aliphatic heterocycles. The SMILES string of the molecule is OC[C@H]1O[C@@H](OC[C@@H](O)[C@@H]2O[C@@H](O)[C@H](O)[C@H]2O)[C@H](O)[C@@H](O)[C@H]1O. The third-order valence-electron chi connectivity index (χ3n) is 3.93. The minimum atomic E-state index is -1.66. The Balaban J connectivity index is 1.89. The van der Waals surface area contributed by atoms with Crippen molar-refractivity contribution in [3.8, 4) is 0 Å². The molecule has 11 nitrogen and oxygen atoms in total. The molecule has 0 aromatic rings. The second-order valence-corrected chi connectivity index (χ2v) is 5.57. The maximum Gasteiger partial charge on any atom is 0.186 e. The number of aliphatic hydroxyl groups excluding tert-OH is 8. The van der Waals surface area contributed by atoms with Gasteiger partial charge in [0.2, 0.25) is 0 Å². The van der Waals surface area contributed by atoms with E-state index in [2.05, 4.69) is 0 Å². The maximum absolute atomic E-state index is 9.88. The molecule has 8 N–H and O–H groups in total. The lowest BCUT2D eigenvalue weighted by Gasteiger charge is -2.40. The zero-order valence-electron chi connectivity index (χ0n) is 12.0. The van der Waals surface area contributed by atoms with Gasteiger partial charge >= 0.3 is 0 Å². The van der Waals surface area contributed by atoms with E-state index in [0.717, 1.165) is 0 Å². The van der Waals surface area contributed by atoms with Crippen LogP contribution in [0.4, 0.5) is 0 Å². The number of rotatable bonds is 5. The molecule has 0 aliphatic carbocycles. The van der Waals surface area contributed by atoms with Gasteiger partial charge in [0.15, 0.2) is 12.6 Å². The van der Waals surface area contributed by atoms with Gasteiger partial charge in [-0.25, -0.2) is 0 Å². The smallest absolute Gasteiger partial charge is 0.186 e. The quantitative estimate of drug-likeness (QED) is 0.238. The van der Waals surface area contributed by atoms with Crippen LogP contribution in [0.5, 0.6) is 0 Å². The zero-order valence-corrected chi connectivity index (χ0v) is 12.0. The summed E-state index contributed by atoms with van der Waals surface area (Å²) in [6.45, 7) is -1.17. The molecule has 0 spiro atoms. The normalized spacial score (nSPS) is 49.3. The molecule has 0 amide bonds. The average molecular weight is 342 g/mol. The highest BCUT2D eigenvalue weighted by Gasteiger charge is 2.47. The fourth-order valence-corrected chi connectivity index (χ4v) is 2.50. The highest BCUT2D eigenvalue weighted by Crippen LogP contribution is 2.25. The predicted molar refractivity (Wildman–Crippen MR) is 68.6 cm³/mol. The lowest BCUT2D eigenvalue weighted by molar-refractivity contribution is -0.306. The van der Waals surface area contributed by atoms with E-state index in [-0.39, 0.29) is 0 Å². The molecule has 0 radical (unpaired) electrons. The monoisotopic (exact) mass is 342 g/mol. The molecule has 0 bridgehead atoms. The molecule has 10 atom stereocenters. The Morgan fingerprint density at radius 1 is 0.826 bits per heavy atom. The summed E-state index contributed by atoms with van der Waals surface area (Å²) < 4.78 is 14.9. The van der Waals surface area contributed by atoms with E-state index in [1.807, 2.05) is 0 Å². The van der Waals surface area contributed by atoms with Gasteiger partial charge in [0.05, 0.1) is 13.2 Å². The van der Waals surface area contributed by atoms with E-state index >= 15 is 0 Å². The second kappa shape index (κ2) is 7.63. The largest absolute Gasteiger partial charge is 0.394 e. The molecule has 23 heavy (non-hydrogen) atoms. The first kappa shape index (κ1) is 18.9. The Kier molecular flexibility index (Phi) is 6.27. The van der Waals surface area contributed by atoms with Crippen molar-refractivity contribution < 1.29 is 55.1 Å². The van der Waals surface area contributed by atoms with Crippen LogP contribution in [0.3, 0.4) is 0 Å². The van der Waals surface area contributed by atoms with Crippen molar-refractivity contribution in [1.82, 2.24) is 0 Å². The molecule has 0 unspecified atom stereocenters. The predicted octanol–water partition coefficient (Wildman–Crippen LogP) is -5.40. The van der Waals surface area contributed by atoms with Crippen LogP contribution in [0.1, 0.15) is 0 Å². The van der Waals surface area contributed by atoms with Crippen LogP contribution in [0.2, 0.25) is 0 Å². The Morgan fingerprint density at radius 3 is 2.00 bits per heavy atom. The molecule has 0 aromatic carbocycles. The second-order valence-electron chi connectivity index (χ2n) is 5.57. The molecule has 11 heteroatoms. The molecule has 2 heterocycles. The van der Waals surface area contributed by atoms with Crippen molar-refractivity contribution in [2.45, 2.75) is 61.4 Å². The summed E-state index contributed by atoms with van der Waals surface area (Å²) in [5.74, 6) is 0. The summed E-state index contributed by atoms with van der Waals surface area (Å²) in [6.07, 6.45) is -15.0. The molecular weight excluding hydrogens is 320 g/mol. The first-order valence-corrected chi connectivity index (χ1v) is 7.07. The van der Waals surface area contributed by atoms with Gasteiger partial charge in [-0.3, -0.25) is 0 Å². The first-order chi connectivity index (χ1) is 10.8. The standard InChI is InChI=1S/C12H22O11/c13-1-4-5(15)6(16)9(19)12(22-4)21-2-3(14)10-7(17)8(18)11(20)23-10/h3-20H,1-2H2/t3-,4-,5+,6+,7-,8-,9-,10+,11-,12-/m1/s1. The van der Waals surface area contributed by atoms with Gasteiger partial charge in [0, 0.05) is 0 Å². The molecule has 0 aromatic heterocycles. The van der Waals surface area contributed by atoms with Crippen molar-refractivity contribution in [2.75, 3.05) is 13.2 Å². The first-order valence-electron chi connectivity index (χ1n) is 7.07. The third-order valence-corrected chi connectivity index (χ3v) is 3.93. The van der Waals surface area contributed by atoms with Gasteiger partial charge in [0.25, 0.3) is 0 Å². The van der Waals surface area contributed by atoms with Crippen molar-refractivity contribution >= 4 is 0 Å². The molecule has 136 valence electrons. The van der Waals surface area contributed by atoms with E-state index in [1.165, 1.54) is 0 Å². The summed E-state index contributed by atoms with van der Waals surface area (Å²) in [5, 5.41) is 76.1. The van der Waals surface area contributed by atoms with E-state index in [1.54, 1.807) is 0 Å². The number of ether oxygens (including phenoxy) is 3. The minimum absolute atomic E-state index is 0.538. The van der Waals surface area contributed by atoms with Crippen molar-refractivity contribution in [3.63, 3.8) is 0 Å². The van der Waals surface area contributed by atoms with Crippen LogP contribution < -0.4 is 0 Å². The lowest BCUT2D eigenvalue weighted by Crippen LogP contribution is -2.59. The van der Waals surface area contributed by atoms with Crippen LogP contribution in [-0.2, 0) is 14.2 Å². The Hall–Kier alpha value is -0.440. The van der Waals surface area contributed by atoms with E-state index in [4.69, 9.17) is 19.3 Å². The number of hydrogen-bond donors (Lipinski definition) is 8. The van der Waals surface area contributed by atoms with Crippen LogP contribution in [0, 0.1) is 0 Å². The van der Waals surface area contributed by atoms with E-state index in [0.29, 0.717) is 0 Å². The third kappa shape index (κ3) is 3.81. The molecule has 0 saturated carbocycles. The zero-order chi connectivity index (χ0) is 17.3. The van der Waals surface area contributed by atoms with Gasteiger partial charge in [-0.1, -0.05) is 0 Å². The van der Waals surface area contributed by atoms with Gasteiger partial charge in [-0.05, 0) is 0 Å². The number of aliphatic hydroxyl groups is 8. The lowest BCUT2D eigenvalue weighted by atomic mass is 9.99. The van der Waals surface area contributed by atoms with Crippen LogP contribution in [0.15, 0.2) is 0 Å². The fraction of sp³-hybridized carbons (Fsp3) is 1.00. The summed E-state index contributed by atoms with van der Waals surface area (Å²) in [5.41, 5.74) is 0. The van der Waals surface area contributed by atoms with Gasteiger partial charge in [-0.2, -0.15) is 0 Å². The molecule has 2 saturated heterocycles. The Morgan fingerprint density at radius 2 is 1.48 bits per heavy atom. The maximum atomic E-state index is 9.88. The van der Waals surface area contributed by atoms with Crippen LogP contribution in [-0.4, -0.2) is 115 Å². The average Bonchev–Trinajstić information content (AvgIpc) is 2.79. The minimum Gasteiger partial charge on any atom is -0.394 e. The fourth-order valence-electron chi connectivity index (χ4n) is 2.50. The summed E-state index contributed by atoms with van der Waals surface area (Å²) in [6, 6.07) is 0. The summed E-state index contributed by atoms with van der Waals surface area (Å²) >= 11 is 0.